The van der Waals surface area contributed by atoms with Crippen LogP contribution in [0.1, 0.15) is 25.7 Å². The Hall–Kier alpha value is -1.36. The zero-order valence-electron chi connectivity index (χ0n) is 10.4. The van der Waals surface area contributed by atoms with Crippen molar-refractivity contribution in [2.75, 3.05) is 20.6 Å². The van der Waals surface area contributed by atoms with Crippen molar-refractivity contribution in [1.29, 1.82) is 0 Å². The topological polar surface area (TPSA) is 69.6 Å². The molecule has 5 heteroatoms. The molecule has 1 saturated carbocycles. The van der Waals surface area contributed by atoms with Gasteiger partial charge in [-0.1, -0.05) is 12.8 Å². The van der Waals surface area contributed by atoms with Crippen LogP contribution in [-0.4, -0.2) is 48.1 Å². The van der Waals surface area contributed by atoms with Gasteiger partial charge in [-0.05, 0) is 26.9 Å². The van der Waals surface area contributed by atoms with E-state index >= 15 is 0 Å². The smallest absolute Gasteiger partial charge is 0.328 e. The Morgan fingerprint density at radius 3 is 2.35 bits per heavy atom. The predicted octanol–water partition coefficient (Wildman–Crippen LogP) is 0.618. The van der Waals surface area contributed by atoms with Crippen LogP contribution in [0.25, 0.3) is 0 Å². The Morgan fingerprint density at radius 1 is 1.29 bits per heavy atom. The number of likely N-dealkylation sites (N-methyl/N-ethyl adjacent to an activating group) is 1. The molecule has 0 bridgehead atoms. The first-order valence-corrected chi connectivity index (χ1v) is 5.82. The third kappa shape index (κ3) is 3.85. The fourth-order valence-corrected chi connectivity index (χ4v) is 2.27. The van der Waals surface area contributed by atoms with E-state index in [1.807, 2.05) is 14.1 Å². The van der Waals surface area contributed by atoms with E-state index in [0.717, 1.165) is 25.0 Å². The molecule has 1 amide bonds. The highest BCUT2D eigenvalue weighted by Crippen LogP contribution is 2.32. The van der Waals surface area contributed by atoms with Gasteiger partial charge >= 0.3 is 5.97 Å². The Labute approximate surface area is 101 Å². The van der Waals surface area contributed by atoms with Gasteiger partial charge in [0.1, 0.15) is 0 Å². The van der Waals surface area contributed by atoms with Gasteiger partial charge in [-0.15, -0.1) is 0 Å². The van der Waals surface area contributed by atoms with Crippen LogP contribution in [0.3, 0.4) is 0 Å². The Bertz CT molecular complexity index is 318. The van der Waals surface area contributed by atoms with E-state index in [9.17, 15) is 9.59 Å². The van der Waals surface area contributed by atoms with Crippen LogP contribution < -0.4 is 5.32 Å². The van der Waals surface area contributed by atoms with Gasteiger partial charge < -0.3 is 15.3 Å². The molecule has 0 aliphatic heterocycles. The van der Waals surface area contributed by atoms with E-state index < -0.39 is 5.97 Å². The zero-order valence-corrected chi connectivity index (χ0v) is 10.4. The van der Waals surface area contributed by atoms with Crippen molar-refractivity contribution in [3.8, 4) is 0 Å². The number of aliphatic carboxylic acids is 1. The summed E-state index contributed by atoms with van der Waals surface area (Å²) in [6, 6.07) is 0. The number of carboxylic acid groups (broad SMARTS) is 1. The lowest BCUT2D eigenvalue weighted by Crippen LogP contribution is -2.50. The minimum absolute atomic E-state index is 0.0344. The first-order chi connectivity index (χ1) is 7.96. The summed E-state index contributed by atoms with van der Waals surface area (Å²) in [5.74, 6) is -1.45. The highest BCUT2D eigenvalue weighted by atomic mass is 16.4. The SMILES string of the molecule is CN(C)C1(CNC(=O)/C=C/C(=O)O)CCCC1. The summed E-state index contributed by atoms with van der Waals surface area (Å²) < 4.78 is 0. The third-order valence-electron chi connectivity index (χ3n) is 3.45. The van der Waals surface area contributed by atoms with E-state index in [1.165, 1.54) is 12.8 Å². The average molecular weight is 240 g/mol. The van der Waals surface area contributed by atoms with Gasteiger partial charge in [0, 0.05) is 24.2 Å². The van der Waals surface area contributed by atoms with Crippen LogP contribution >= 0.6 is 0 Å². The summed E-state index contributed by atoms with van der Waals surface area (Å²) in [5.41, 5.74) is 0.0344. The molecule has 0 aromatic carbocycles. The maximum atomic E-state index is 11.4. The lowest BCUT2D eigenvalue weighted by molar-refractivity contribution is -0.131. The van der Waals surface area contributed by atoms with Gasteiger partial charge in [-0.2, -0.15) is 0 Å². The minimum atomic E-state index is -1.11. The van der Waals surface area contributed by atoms with Crippen molar-refractivity contribution in [3.63, 3.8) is 0 Å². The molecule has 0 heterocycles. The lowest BCUT2D eigenvalue weighted by atomic mass is 9.96. The van der Waals surface area contributed by atoms with Gasteiger partial charge in [0.05, 0.1) is 0 Å². The number of nitrogens with one attached hydrogen (secondary N) is 1. The fraction of sp³-hybridized carbons (Fsp3) is 0.667. The van der Waals surface area contributed by atoms with Crippen molar-refractivity contribution in [1.82, 2.24) is 10.2 Å². The fourth-order valence-electron chi connectivity index (χ4n) is 2.27. The second-order valence-electron chi connectivity index (χ2n) is 4.72. The minimum Gasteiger partial charge on any atom is -0.478 e. The second kappa shape index (κ2) is 5.82. The van der Waals surface area contributed by atoms with Crippen molar-refractivity contribution in [2.45, 2.75) is 31.2 Å². The molecule has 0 spiro atoms. The van der Waals surface area contributed by atoms with E-state index in [2.05, 4.69) is 10.2 Å². The molecule has 5 nitrogen and oxygen atoms in total. The number of carbonyl (C=O) groups is 2. The van der Waals surface area contributed by atoms with Gasteiger partial charge in [0.2, 0.25) is 5.91 Å². The van der Waals surface area contributed by atoms with Crippen LogP contribution in [0.15, 0.2) is 12.2 Å². The predicted molar refractivity (Wildman–Crippen MR) is 64.7 cm³/mol. The Morgan fingerprint density at radius 2 is 1.88 bits per heavy atom. The van der Waals surface area contributed by atoms with Crippen molar-refractivity contribution < 1.29 is 14.7 Å². The van der Waals surface area contributed by atoms with E-state index in [1.54, 1.807) is 0 Å². The molecular weight excluding hydrogens is 220 g/mol. The second-order valence-corrected chi connectivity index (χ2v) is 4.72. The van der Waals surface area contributed by atoms with Crippen molar-refractivity contribution >= 4 is 11.9 Å². The number of carboxylic acids is 1. The number of hydrogen-bond donors (Lipinski definition) is 2. The number of nitrogens with zero attached hydrogens (tertiary/aromatic N) is 1. The molecule has 0 aromatic heterocycles. The summed E-state index contributed by atoms with van der Waals surface area (Å²) in [7, 11) is 4.04. The van der Waals surface area contributed by atoms with Crippen LogP contribution in [0, 0.1) is 0 Å². The molecule has 0 saturated heterocycles. The number of carbonyl (C=O) groups excluding carboxylic acids is 1. The molecule has 1 aliphatic carbocycles. The van der Waals surface area contributed by atoms with E-state index in [-0.39, 0.29) is 11.4 Å². The third-order valence-corrected chi connectivity index (χ3v) is 3.45. The lowest BCUT2D eigenvalue weighted by Gasteiger charge is -2.36. The molecule has 1 aliphatic rings. The monoisotopic (exact) mass is 240 g/mol. The first kappa shape index (κ1) is 13.7. The summed E-state index contributed by atoms with van der Waals surface area (Å²) in [4.78, 5) is 23.8. The molecule has 96 valence electrons. The summed E-state index contributed by atoms with van der Waals surface area (Å²) >= 11 is 0. The normalized spacial score (nSPS) is 18.8. The Balaban J connectivity index is 2.48. The standard InChI is InChI=1S/C12H20N2O3/c1-14(2)12(7-3-4-8-12)9-13-10(15)5-6-11(16)17/h5-6H,3-4,7-9H2,1-2H3,(H,13,15)(H,16,17)/b6-5+. The van der Waals surface area contributed by atoms with Gasteiger partial charge in [-0.25, -0.2) is 4.79 Å². The van der Waals surface area contributed by atoms with Crippen molar-refractivity contribution in [3.05, 3.63) is 12.2 Å². The first-order valence-electron chi connectivity index (χ1n) is 5.82. The number of hydrogen-bond acceptors (Lipinski definition) is 3. The summed E-state index contributed by atoms with van der Waals surface area (Å²) in [6.45, 7) is 0.572. The molecular formula is C12H20N2O3. The average Bonchev–Trinajstić information content (AvgIpc) is 2.73. The van der Waals surface area contributed by atoms with Gasteiger partial charge in [-0.3, -0.25) is 4.79 Å². The summed E-state index contributed by atoms with van der Waals surface area (Å²) in [6.07, 6.45) is 6.41. The largest absolute Gasteiger partial charge is 0.478 e. The van der Waals surface area contributed by atoms with Crippen LogP contribution in [0.2, 0.25) is 0 Å². The molecule has 0 atom stereocenters. The number of amides is 1. The molecule has 1 fully saturated rings. The van der Waals surface area contributed by atoms with Crippen LogP contribution in [-0.2, 0) is 9.59 Å². The van der Waals surface area contributed by atoms with Crippen LogP contribution in [0.4, 0.5) is 0 Å². The Kier molecular flexibility index (Phi) is 4.69. The maximum absolute atomic E-state index is 11.4. The van der Waals surface area contributed by atoms with E-state index in [4.69, 9.17) is 5.11 Å². The van der Waals surface area contributed by atoms with Gasteiger partial charge in [0.15, 0.2) is 0 Å². The quantitative estimate of drug-likeness (QED) is 0.691. The molecule has 0 aromatic rings. The number of rotatable bonds is 5. The highest BCUT2D eigenvalue weighted by Gasteiger charge is 2.35. The maximum Gasteiger partial charge on any atom is 0.328 e. The molecule has 1 rings (SSSR count). The molecule has 0 unspecified atom stereocenters. The molecule has 17 heavy (non-hydrogen) atoms. The zero-order chi connectivity index (χ0) is 12.9. The molecule has 0 radical (unpaired) electrons. The van der Waals surface area contributed by atoms with Crippen LogP contribution in [0.5, 0.6) is 0 Å². The summed E-state index contributed by atoms with van der Waals surface area (Å²) in [5, 5.41) is 11.2. The van der Waals surface area contributed by atoms with Crippen molar-refractivity contribution in [2.24, 2.45) is 0 Å². The van der Waals surface area contributed by atoms with E-state index in [0.29, 0.717) is 6.54 Å². The highest BCUT2D eigenvalue weighted by molar-refractivity contribution is 5.93. The van der Waals surface area contributed by atoms with Gasteiger partial charge in [0.25, 0.3) is 0 Å². The molecule has 2 N–H and O–H groups in total.